The smallest absolute Gasteiger partial charge is 0.233 e. The minimum atomic E-state index is -3.26. The van der Waals surface area contributed by atoms with E-state index in [1.54, 1.807) is 6.20 Å². The molecule has 1 rings (SSSR count). The number of anilines is 1. The summed E-state index contributed by atoms with van der Waals surface area (Å²) >= 11 is 3.28. The lowest BCUT2D eigenvalue weighted by Gasteiger charge is -2.09. The van der Waals surface area contributed by atoms with Crippen LogP contribution in [-0.4, -0.2) is 19.2 Å². The van der Waals surface area contributed by atoms with Gasteiger partial charge in [-0.1, -0.05) is 13.3 Å². The minimum absolute atomic E-state index is 0.140. The van der Waals surface area contributed by atoms with Gasteiger partial charge in [-0.15, -0.1) is 0 Å². The molecule has 90 valence electrons. The lowest BCUT2D eigenvalue weighted by Crippen LogP contribution is -2.18. The Hall–Kier alpha value is -0.620. The first kappa shape index (κ1) is 13.4. The molecule has 1 heterocycles. The second-order valence-electron chi connectivity index (χ2n) is 3.59. The summed E-state index contributed by atoms with van der Waals surface area (Å²) in [7, 11) is -3.26. The fraction of sp³-hybridized carbons (Fsp3) is 0.500. The molecule has 0 amide bonds. The van der Waals surface area contributed by atoms with E-state index in [0.29, 0.717) is 12.2 Å². The van der Waals surface area contributed by atoms with Crippen molar-refractivity contribution >= 4 is 31.8 Å². The number of hydrogen-bond acceptors (Lipinski definition) is 3. The van der Waals surface area contributed by atoms with Crippen molar-refractivity contribution in [3.8, 4) is 0 Å². The third kappa shape index (κ3) is 4.09. The van der Waals surface area contributed by atoms with Crippen LogP contribution in [0.3, 0.4) is 0 Å². The van der Waals surface area contributed by atoms with Gasteiger partial charge in [0.05, 0.1) is 5.75 Å². The van der Waals surface area contributed by atoms with Crippen LogP contribution in [0.2, 0.25) is 0 Å². The lowest BCUT2D eigenvalue weighted by molar-refractivity contribution is 0.597. The summed E-state index contributed by atoms with van der Waals surface area (Å²) in [5, 5.41) is 0. The normalized spacial score (nSPS) is 11.4. The Morgan fingerprint density at radius 2 is 2.19 bits per heavy atom. The zero-order valence-corrected chi connectivity index (χ0v) is 11.7. The summed E-state index contributed by atoms with van der Waals surface area (Å²) in [5.74, 6) is 0.542. The van der Waals surface area contributed by atoms with Crippen LogP contribution >= 0.6 is 15.9 Å². The van der Waals surface area contributed by atoms with Crippen LogP contribution in [0.4, 0.5) is 5.82 Å². The zero-order chi connectivity index (χ0) is 12.2. The average Bonchev–Trinajstić information content (AvgIpc) is 2.19. The van der Waals surface area contributed by atoms with Crippen LogP contribution in [0, 0.1) is 6.92 Å². The molecule has 0 aliphatic rings. The number of pyridine rings is 1. The van der Waals surface area contributed by atoms with Gasteiger partial charge in [0.1, 0.15) is 5.82 Å². The summed E-state index contributed by atoms with van der Waals surface area (Å²) in [4.78, 5) is 4.03. The molecule has 1 N–H and O–H groups in total. The molecule has 0 saturated carbocycles. The molecule has 0 aliphatic heterocycles. The SMILES string of the molecule is CCCCS(=O)(=O)Nc1ncc(Br)cc1C. The number of unbranched alkanes of at least 4 members (excludes halogenated alkanes) is 1. The maximum absolute atomic E-state index is 11.6. The second-order valence-corrected chi connectivity index (χ2v) is 6.35. The highest BCUT2D eigenvalue weighted by Gasteiger charge is 2.11. The predicted molar refractivity (Wildman–Crippen MR) is 69.0 cm³/mol. The van der Waals surface area contributed by atoms with Gasteiger partial charge >= 0.3 is 0 Å². The molecule has 0 fully saturated rings. The highest BCUT2D eigenvalue weighted by atomic mass is 79.9. The second kappa shape index (κ2) is 5.63. The van der Waals surface area contributed by atoms with E-state index in [0.717, 1.165) is 16.5 Å². The summed E-state index contributed by atoms with van der Waals surface area (Å²) < 4.78 is 26.6. The fourth-order valence-electron chi connectivity index (χ4n) is 1.18. The van der Waals surface area contributed by atoms with Gasteiger partial charge in [0, 0.05) is 10.7 Å². The zero-order valence-electron chi connectivity index (χ0n) is 9.33. The molecule has 0 aliphatic carbocycles. The van der Waals surface area contributed by atoms with Gasteiger partial charge in [-0.05, 0) is 40.9 Å². The average molecular weight is 307 g/mol. The first-order chi connectivity index (χ1) is 7.44. The van der Waals surface area contributed by atoms with E-state index in [-0.39, 0.29) is 5.75 Å². The topological polar surface area (TPSA) is 59.1 Å². The van der Waals surface area contributed by atoms with Crippen LogP contribution in [0.25, 0.3) is 0 Å². The molecule has 4 nitrogen and oxygen atoms in total. The van der Waals surface area contributed by atoms with Crippen molar-refractivity contribution < 1.29 is 8.42 Å². The Balaban J connectivity index is 2.80. The van der Waals surface area contributed by atoms with Crippen molar-refractivity contribution in [3.63, 3.8) is 0 Å². The Labute approximate surface area is 105 Å². The van der Waals surface area contributed by atoms with E-state index in [9.17, 15) is 8.42 Å². The quantitative estimate of drug-likeness (QED) is 0.910. The maximum Gasteiger partial charge on any atom is 0.233 e. The van der Waals surface area contributed by atoms with Gasteiger partial charge in [0.15, 0.2) is 0 Å². The van der Waals surface area contributed by atoms with Crippen molar-refractivity contribution in [2.75, 3.05) is 10.5 Å². The van der Waals surface area contributed by atoms with Crippen molar-refractivity contribution in [2.24, 2.45) is 0 Å². The molecule has 0 radical (unpaired) electrons. The molecule has 1 aromatic heterocycles. The maximum atomic E-state index is 11.6. The number of nitrogens with zero attached hydrogens (tertiary/aromatic N) is 1. The third-order valence-electron chi connectivity index (χ3n) is 2.06. The van der Waals surface area contributed by atoms with Crippen molar-refractivity contribution in [3.05, 3.63) is 22.3 Å². The molecular weight excluding hydrogens is 292 g/mol. The highest BCUT2D eigenvalue weighted by Crippen LogP contribution is 2.17. The lowest BCUT2D eigenvalue weighted by atomic mass is 10.3. The van der Waals surface area contributed by atoms with E-state index in [1.807, 2.05) is 19.9 Å². The van der Waals surface area contributed by atoms with E-state index in [1.165, 1.54) is 0 Å². The summed E-state index contributed by atoms with van der Waals surface area (Å²) in [6.45, 7) is 3.77. The predicted octanol–water partition coefficient (Wildman–Crippen LogP) is 2.69. The van der Waals surface area contributed by atoms with Crippen LogP contribution in [0.1, 0.15) is 25.3 Å². The molecule has 6 heteroatoms. The molecular formula is C10H15BrN2O2S. The molecule has 0 spiro atoms. The fourth-order valence-corrected chi connectivity index (χ4v) is 2.90. The van der Waals surface area contributed by atoms with Crippen molar-refractivity contribution in [1.29, 1.82) is 0 Å². The monoisotopic (exact) mass is 306 g/mol. The van der Waals surface area contributed by atoms with Gasteiger partial charge < -0.3 is 0 Å². The van der Waals surface area contributed by atoms with E-state index < -0.39 is 10.0 Å². The molecule has 16 heavy (non-hydrogen) atoms. The molecule has 1 aromatic rings. The van der Waals surface area contributed by atoms with Gasteiger partial charge in [-0.3, -0.25) is 4.72 Å². The summed E-state index contributed by atoms with van der Waals surface area (Å²) in [6, 6.07) is 1.82. The number of aryl methyl sites for hydroxylation is 1. The van der Waals surface area contributed by atoms with E-state index >= 15 is 0 Å². The summed E-state index contributed by atoms with van der Waals surface area (Å²) in [6.07, 6.45) is 3.09. The minimum Gasteiger partial charge on any atom is -0.267 e. The first-order valence-electron chi connectivity index (χ1n) is 5.07. The van der Waals surface area contributed by atoms with Gasteiger partial charge in [0.25, 0.3) is 0 Å². The Morgan fingerprint density at radius 1 is 1.50 bits per heavy atom. The number of sulfonamides is 1. The van der Waals surface area contributed by atoms with Crippen LogP contribution < -0.4 is 4.72 Å². The molecule has 0 saturated heterocycles. The van der Waals surface area contributed by atoms with Crippen molar-refractivity contribution in [2.45, 2.75) is 26.7 Å². The van der Waals surface area contributed by atoms with Crippen molar-refractivity contribution in [1.82, 2.24) is 4.98 Å². The van der Waals surface area contributed by atoms with Gasteiger partial charge in [-0.2, -0.15) is 0 Å². The highest BCUT2D eigenvalue weighted by molar-refractivity contribution is 9.10. The number of rotatable bonds is 5. The molecule has 0 unspecified atom stereocenters. The van der Waals surface area contributed by atoms with Gasteiger partial charge in [0.2, 0.25) is 10.0 Å². The number of halogens is 1. The first-order valence-corrected chi connectivity index (χ1v) is 7.52. The number of nitrogens with one attached hydrogen (secondary N) is 1. The molecule has 0 aromatic carbocycles. The van der Waals surface area contributed by atoms with Crippen LogP contribution in [-0.2, 0) is 10.0 Å². The van der Waals surface area contributed by atoms with Gasteiger partial charge in [-0.25, -0.2) is 13.4 Å². The van der Waals surface area contributed by atoms with E-state index in [2.05, 4.69) is 25.6 Å². The molecule has 0 bridgehead atoms. The largest absolute Gasteiger partial charge is 0.267 e. The Kier molecular flexibility index (Phi) is 4.73. The van der Waals surface area contributed by atoms with E-state index in [4.69, 9.17) is 0 Å². The Bertz CT molecular complexity index is 460. The Morgan fingerprint density at radius 3 is 2.75 bits per heavy atom. The third-order valence-corrected chi connectivity index (χ3v) is 3.83. The summed E-state index contributed by atoms with van der Waals surface area (Å²) in [5.41, 5.74) is 0.800. The number of hydrogen-bond donors (Lipinski definition) is 1. The standard InChI is InChI=1S/C10H15BrN2O2S/c1-3-4-5-16(14,15)13-10-8(2)6-9(11)7-12-10/h6-7H,3-5H2,1-2H3,(H,12,13). The molecule has 0 atom stereocenters. The number of aromatic nitrogens is 1. The van der Waals surface area contributed by atoms with Crippen LogP contribution in [0.15, 0.2) is 16.7 Å². The van der Waals surface area contributed by atoms with Crippen LogP contribution in [0.5, 0.6) is 0 Å².